The molecule has 0 aliphatic rings. The first-order valence-electron chi connectivity index (χ1n) is 8.41. The Balaban J connectivity index is 1.64. The molecule has 2 aromatic carbocycles. The molecule has 0 bridgehead atoms. The Labute approximate surface area is 148 Å². The highest BCUT2D eigenvalue weighted by Crippen LogP contribution is 2.24. The Morgan fingerprint density at radius 1 is 0.920 bits per heavy atom. The van der Waals surface area contributed by atoms with Crippen LogP contribution >= 0.6 is 0 Å². The highest BCUT2D eigenvalue weighted by Gasteiger charge is 2.03. The monoisotopic (exact) mass is 334 g/mol. The Morgan fingerprint density at radius 3 is 2.32 bits per heavy atom. The van der Waals surface area contributed by atoms with E-state index in [-0.39, 0.29) is 0 Å². The van der Waals surface area contributed by atoms with E-state index >= 15 is 0 Å². The average Bonchev–Trinajstić information content (AvgIpc) is 2.64. The predicted molar refractivity (Wildman–Crippen MR) is 102 cm³/mol. The molecule has 128 valence electrons. The van der Waals surface area contributed by atoms with Crippen LogP contribution in [0.4, 0.5) is 17.3 Å². The number of benzene rings is 2. The second-order valence-electron chi connectivity index (χ2n) is 5.81. The lowest BCUT2D eigenvalue weighted by atomic mass is 10.2. The first-order valence-corrected chi connectivity index (χ1v) is 8.41. The maximum absolute atomic E-state index is 5.80. The summed E-state index contributed by atoms with van der Waals surface area (Å²) >= 11 is 0. The molecule has 5 heteroatoms. The minimum atomic E-state index is 0.372. The zero-order valence-corrected chi connectivity index (χ0v) is 14.4. The third-order valence-corrected chi connectivity index (χ3v) is 3.78. The van der Waals surface area contributed by atoms with Crippen LogP contribution in [0.2, 0.25) is 0 Å². The zero-order chi connectivity index (χ0) is 17.5. The summed E-state index contributed by atoms with van der Waals surface area (Å²) in [5.41, 5.74) is 0.939. The van der Waals surface area contributed by atoms with Gasteiger partial charge in [-0.15, -0.1) is 0 Å². The van der Waals surface area contributed by atoms with Gasteiger partial charge in [0.05, 0.1) is 0 Å². The van der Waals surface area contributed by atoms with Gasteiger partial charge in [-0.05, 0) is 49.7 Å². The highest BCUT2D eigenvalue weighted by molar-refractivity contribution is 5.59. The van der Waals surface area contributed by atoms with Crippen LogP contribution in [-0.2, 0) is 0 Å². The standard InChI is InChI=1S/C20H22N4O/c1-3-15(2)23-19-13-20(22-14-21-19)24-16-9-11-18(12-10-16)25-17-7-5-4-6-8-17/h4-15H,3H2,1-2H3,(H2,21,22,23,24). The molecule has 0 amide bonds. The third kappa shape index (κ3) is 4.94. The quantitative estimate of drug-likeness (QED) is 0.620. The summed E-state index contributed by atoms with van der Waals surface area (Å²) in [5.74, 6) is 3.17. The van der Waals surface area contributed by atoms with Crippen molar-refractivity contribution in [1.29, 1.82) is 0 Å². The fourth-order valence-electron chi connectivity index (χ4n) is 2.24. The van der Waals surface area contributed by atoms with E-state index in [0.717, 1.165) is 35.2 Å². The van der Waals surface area contributed by atoms with Gasteiger partial charge in [0.15, 0.2) is 0 Å². The summed E-state index contributed by atoms with van der Waals surface area (Å²) in [4.78, 5) is 8.51. The molecule has 0 aliphatic heterocycles. The maximum atomic E-state index is 5.80. The van der Waals surface area contributed by atoms with E-state index in [1.807, 2.05) is 60.7 Å². The van der Waals surface area contributed by atoms with Gasteiger partial charge in [0.25, 0.3) is 0 Å². The number of nitrogens with zero attached hydrogens (tertiary/aromatic N) is 2. The second kappa shape index (κ2) is 8.15. The Hall–Kier alpha value is -3.08. The van der Waals surface area contributed by atoms with Crippen molar-refractivity contribution in [1.82, 2.24) is 9.97 Å². The van der Waals surface area contributed by atoms with Crippen LogP contribution in [0.25, 0.3) is 0 Å². The van der Waals surface area contributed by atoms with Crippen LogP contribution < -0.4 is 15.4 Å². The topological polar surface area (TPSA) is 59.1 Å². The molecule has 1 unspecified atom stereocenters. The number of ether oxygens (including phenoxy) is 1. The molecule has 25 heavy (non-hydrogen) atoms. The van der Waals surface area contributed by atoms with E-state index < -0.39 is 0 Å². The molecular formula is C20H22N4O. The molecule has 0 aliphatic carbocycles. The van der Waals surface area contributed by atoms with Gasteiger partial charge in [-0.1, -0.05) is 25.1 Å². The summed E-state index contributed by atoms with van der Waals surface area (Å²) in [6.07, 6.45) is 2.59. The number of nitrogens with one attached hydrogen (secondary N) is 2. The van der Waals surface area contributed by atoms with E-state index in [1.165, 1.54) is 0 Å². The Bertz CT molecular complexity index is 790. The fourth-order valence-corrected chi connectivity index (χ4v) is 2.24. The molecule has 1 aromatic heterocycles. The number of hydrogen-bond donors (Lipinski definition) is 2. The van der Waals surface area contributed by atoms with Gasteiger partial charge in [-0.3, -0.25) is 0 Å². The molecular weight excluding hydrogens is 312 g/mol. The Kier molecular flexibility index (Phi) is 5.46. The van der Waals surface area contributed by atoms with Gasteiger partial charge in [0, 0.05) is 17.8 Å². The van der Waals surface area contributed by atoms with Gasteiger partial charge in [-0.2, -0.15) is 0 Å². The van der Waals surface area contributed by atoms with E-state index in [2.05, 4.69) is 34.4 Å². The SMILES string of the molecule is CCC(C)Nc1cc(Nc2ccc(Oc3ccccc3)cc2)ncn1. The van der Waals surface area contributed by atoms with Gasteiger partial charge in [0.2, 0.25) is 0 Å². The summed E-state index contributed by atoms with van der Waals surface area (Å²) < 4.78 is 5.80. The predicted octanol–water partition coefficient (Wildman–Crippen LogP) is 5.22. The highest BCUT2D eigenvalue weighted by atomic mass is 16.5. The molecule has 3 rings (SSSR count). The van der Waals surface area contributed by atoms with E-state index in [4.69, 9.17) is 4.74 Å². The second-order valence-corrected chi connectivity index (χ2v) is 5.81. The lowest BCUT2D eigenvalue weighted by molar-refractivity contribution is 0.483. The summed E-state index contributed by atoms with van der Waals surface area (Å²) in [6.45, 7) is 4.26. The number of hydrogen-bond acceptors (Lipinski definition) is 5. The van der Waals surface area contributed by atoms with Crippen LogP contribution in [0.3, 0.4) is 0 Å². The van der Waals surface area contributed by atoms with Crippen molar-refractivity contribution >= 4 is 17.3 Å². The molecule has 2 N–H and O–H groups in total. The number of para-hydroxylation sites is 1. The normalized spacial score (nSPS) is 11.6. The molecule has 1 heterocycles. The smallest absolute Gasteiger partial charge is 0.135 e. The van der Waals surface area contributed by atoms with Crippen molar-refractivity contribution in [2.75, 3.05) is 10.6 Å². The fraction of sp³-hybridized carbons (Fsp3) is 0.200. The first-order chi connectivity index (χ1) is 12.2. The minimum absolute atomic E-state index is 0.372. The van der Waals surface area contributed by atoms with Crippen LogP contribution in [0.5, 0.6) is 11.5 Å². The minimum Gasteiger partial charge on any atom is -0.457 e. The Morgan fingerprint density at radius 2 is 1.60 bits per heavy atom. The first kappa shape index (κ1) is 16.8. The van der Waals surface area contributed by atoms with Crippen molar-refractivity contribution in [3.8, 4) is 11.5 Å². The van der Waals surface area contributed by atoms with Crippen molar-refractivity contribution in [2.24, 2.45) is 0 Å². The maximum Gasteiger partial charge on any atom is 0.135 e. The van der Waals surface area contributed by atoms with Crippen molar-refractivity contribution in [3.05, 3.63) is 67.0 Å². The van der Waals surface area contributed by atoms with Gasteiger partial charge in [0.1, 0.15) is 29.5 Å². The van der Waals surface area contributed by atoms with Crippen molar-refractivity contribution in [2.45, 2.75) is 26.3 Å². The zero-order valence-electron chi connectivity index (χ0n) is 14.4. The number of anilines is 3. The molecule has 5 nitrogen and oxygen atoms in total. The molecule has 1 atom stereocenters. The van der Waals surface area contributed by atoms with Crippen molar-refractivity contribution < 1.29 is 4.74 Å². The van der Waals surface area contributed by atoms with Crippen LogP contribution in [0.15, 0.2) is 67.0 Å². The molecule has 3 aromatic rings. The number of aromatic nitrogens is 2. The summed E-state index contributed by atoms with van der Waals surface area (Å²) in [7, 11) is 0. The van der Waals surface area contributed by atoms with Crippen molar-refractivity contribution in [3.63, 3.8) is 0 Å². The summed E-state index contributed by atoms with van der Waals surface area (Å²) in [6, 6.07) is 19.8. The lowest BCUT2D eigenvalue weighted by Gasteiger charge is -2.13. The van der Waals surface area contributed by atoms with Crippen LogP contribution in [-0.4, -0.2) is 16.0 Å². The number of rotatable bonds is 7. The lowest BCUT2D eigenvalue weighted by Crippen LogP contribution is -2.14. The largest absolute Gasteiger partial charge is 0.457 e. The van der Waals surface area contributed by atoms with Gasteiger partial charge >= 0.3 is 0 Å². The van der Waals surface area contributed by atoms with Gasteiger partial charge in [-0.25, -0.2) is 9.97 Å². The van der Waals surface area contributed by atoms with Gasteiger partial charge < -0.3 is 15.4 Å². The van der Waals surface area contributed by atoms with E-state index in [0.29, 0.717) is 6.04 Å². The van der Waals surface area contributed by atoms with E-state index in [9.17, 15) is 0 Å². The third-order valence-electron chi connectivity index (χ3n) is 3.78. The molecule has 0 saturated heterocycles. The van der Waals surface area contributed by atoms with E-state index in [1.54, 1.807) is 6.33 Å². The average molecular weight is 334 g/mol. The molecule has 0 saturated carbocycles. The summed E-state index contributed by atoms with van der Waals surface area (Å²) in [5, 5.41) is 6.62. The molecule has 0 fully saturated rings. The van der Waals surface area contributed by atoms with Crippen LogP contribution in [0.1, 0.15) is 20.3 Å². The van der Waals surface area contributed by atoms with Crippen LogP contribution in [0, 0.1) is 0 Å². The molecule has 0 spiro atoms. The molecule has 0 radical (unpaired) electrons.